The zero-order chi connectivity index (χ0) is 19.3. The Hall–Kier alpha value is -3.05. The van der Waals surface area contributed by atoms with E-state index in [0.29, 0.717) is 17.9 Å². The number of anilines is 1. The fourth-order valence-electron chi connectivity index (χ4n) is 3.26. The van der Waals surface area contributed by atoms with E-state index in [1.165, 1.54) is 21.9 Å². The van der Waals surface area contributed by atoms with Gasteiger partial charge in [0.05, 0.1) is 12.7 Å². The minimum absolute atomic E-state index is 0.129. The van der Waals surface area contributed by atoms with Crippen LogP contribution in [0, 0.1) is 0 Å². The van der Waals surface area contributed by atoms with Gasteiger partial charge in [-0.25, -0.2) is 4.68 Å². The van der Waals surface area contributed by atoms with Crippen LogP contribution in [0.5, 0.6) is 0 Å². The fraction of sp³-hybridized carbons (Fsp3) is 0.130. The molecule has 4 aromatic rings. The first kappa shape index (κ1) is 18.3. The van der Waals surface area contributed by atoms with E-state index in [4.69, 9.17) is 0 Å². The summed E-state index contributed by atoms with van der Waals surface area (Å²) in [5.41, 5.74) is 3.02. The summed E-state index contributed by atoms with van der Waals surface area (Å²) < 4.78 is 1.82. The molecule has 28 heavy (non-hydrogen) atoms. The quantitative estimate of drug-likeness (QED) is 0.495. The topological polar surface area (TPSA) is 46.9 Å². The first-order valence-electron chi connectivity index (χ1n) is 9.12. The van der Waals surface area contributed by atoms with Gasteiger partial charge in [-0.3, -0.25) is 4.79 Å². The molecule has 1 N–H and O–H groups in total. The van der Waals surface area contributed by atoms with Crippen LogP contribution in [0.3, 0.4) is 0 Å². The Morgan fingerprint density at radius 1 is 1.00 bits per heavy atom. The molecule has 1 heterocycles. The SMILES string of the molecule is CSCc1ccc(C(=O)Nc2ccnn2Cc2cccc3ccccc23)cc1. The minimum atomic E-state index is -0.129. The number of amides is 1. The van der Waals surface area contributed by atoms with Crippen LogP contribution in [0.15, 0.2) is 79.0 Å². The van der Waals surface area contributed by atoms with Gasteiger partial charge in [0.15, 0.2) is 0 Å². The molecule has 0 fully saturated rings. The van der Waals surface area contributed by atoms with E-state index in [-0.39, 0.29) is 5.91 Å². The van der Waals surface area contributed by atoms with Gasteiger partial charge < -0.3 is 5.32 Å². The van der Waals surface area contributed by atoms with Gasteiger partial charge in [-0.05, 0) is 40.3 Å². The predicted octanol–water partition coefficient (Wildman–Crippen LogP) is 5.20. The first-order chi connectivity index (χ1) is 13.7. The smallest absolute Gasteiger partial charge is 0.256 e. The van der Waals surface area contributed by atoms with Gasteiger partial charge in [-0.2, -0.15) is 16.9 Å². The molecule has 0 aliphatic carbocycles. The molecular weight excluding hydrogens is 366 g/mol. The maximum absolute atomic E-state index is 12.6. The van der Waals surface area contributed by atoms with Crippen molar-refractivity contribution in [1.29, 1.82) is 0 Å². The largest absolute Gasteiger partial charge is 0.307 e. The third-order valence-electron chi connectivity index (χ3n) is 4.69. The van der Waals surface area contributed by atoms with Crippen molar-refractivity contribution in [3.63, 3.8) is 0 Å². The lowest BCUT2D eigenvalue weighted by Crippen LogP contribution is -2.16. The Labute approximate surface area is 168 Å². The standard InChI is InChI=1S/C23H21N3OS/c1-28-16-17-9-11-19(12-10-17)23(27)25-22-13-14-24-26(22)15-20-7-4-6-18-5-2-3-8-21(18)20/h2-14H,15-16H2,1H3,(H,25,27). The van der Waals surface area contributed by atoms with Crippen molar-refractivity contribution < 1.29 is 4.79 Å². The maximum Gasteiger partial charge on any atom is 0.256 e. The van der Waals surface area contributed by atoms with Crippen LogP contribution in [0.25, 0.3) is 10.8 Å². The fourth-order valence-corrected chi connectivity index (χ4v) is 3.79. The van der Waals surface area contributed by atoms with E-state index < -0.39 is 0 Å². The number of nitrogens with one attached hydrogen (secondary N) is 1. The molecule has 0 radical (unpaired) electrons. The Morgan fingerprint density at radius 3 is 2.61 bits per heavy atom. The van der Waals surface area contributed by atoms with Crippen LogP contribution in [0.1, 0.15) is 21.5 Å². The van der Waals surface area contributed by atoms with Crippen LogP contribution in [0.4, 0.5) is 5.82 Å². The average Bonchev–Trinajstić information content (AvgIpc) is 3.15. The van der Waals surface area contributed by atoms with Crippen molar-refractivity contribution in [3.8, 4) is 0 Å². The number of aromatic nitrogens is 2. The summed E-state index contributed by atoms with van der Waals surface area (Å²) in [6.07, 6.45) is 3.78. The van der Waals surface area contributed by atoms with Crippen LogP contribution in [-0.2, 0) is 12.3 Å². The number of thioether (sulfide) groups is 1. The Bertz CT molecular complexity index is 1100. The molecule has 4 nitrogen and oxygen atoms in total. The second kappa shape index (κ2) is 8.31. The van der Waals surface area contributed by atoms with Gasteiger partial charge in [0.2, 0.25) is 0 Å². The summed E-state index contributed by atoms with van der Waals surface area (Å²) in [7, 11) is 0. The summed E-state index contributed by atoms with van der Waals surface area (Å²) in [5, 5.41) is 9.78. The van der Waals surface area contributed by atoms with Gasteiger partial charge in [0, 0.05) is 17.4 Å². The van der Waals surface area contributed by atoms with Crippen molar-refractivity contribution >= 4 is 34.3 Å². The van der Waals surface area contributed by atoms with Crippen LogP contribution in [0.2, 0.25) is 0 Å². The molecule has 0 spiro atoms. The maximum atomic E-state index is 12.6. The van der Waals surface area contributed by atoms with E-state index in [9.17, 15) is 4.79 Å². The van der Waals surface area contributed by atoms with Gasteiger partial charge >= 0.3 is 0 Å². The third kappa shape index (κ3) is 3.94. The van der Waals surface area contributed by atoms with Gasteiger partial charge in [-0.15, -0.1) is 0 Å². The summed E-state index contributed by atoms with van der Waals surface area (Å²) in [6.45, 7) is 0.594. The summed E-state index contributed by atoms with van der Waals surface area (Å²) >= 11 is 1.76. The molecule has 4 rings (SSSR count). The van der Waals surface area contributed by atoms with E-state index >= 15 is 0 Å². The lowest BCUT2D eigenvalue weighted by atomic mass is 10.0. The molecule has 1 aromatic heterocycles. The lowest BCUT2D eigenvalue weighted by Gasteiger charge is -2.11. The van der Waals surface area contributed by atoms with E-state index in [1.807, 2.05) is 47.1 Å². The second-order valence-electron chi connectivity index (χ2n) is 6.60. The van der Waals surface area contributed by atoms with Crippen molar-refractivity contribution in [3.05, 3.63) is 95.7 Å². The summed E-state index contributed by atoms with van der Waals surface area (Å²) in [6, 6.07) is 24.1. The number of benzene rings is 3. The normalized spacial score (nSPS) is 10.9. The van der Waals surface area contributed by atoms with Gasteiger partial charge in [0.25, 0.3) is 5.91 Å². The molecule has 0 saturated carbocycles. The van der Waals surface area contributed by atoms with E-state index in [0.717, 1.165) is 5.75 Å². The molecule has 0 aliphatic heterocycles. The molecule has 0 aliphatic rings. The Kier molecular flexibility index (Phi) is 5.44. The summed E-state index contributed by atoms with van der Waals surface area (Å²) in [5.74, 6) is 1.50. The summed E-state index contributed by atoms with van der Waals surface area (Å²) in [4.78, 5) is 12.6. The van der Waals surface area contributed by atoms with Crippen molar-refractivity contribution in [2.75, 3.05) is 11.6 Å². The predicted molar refractivity (Wildman–Crippen MR) is 117 cm³/mol. The highest BCUT2D eigenvalue weighted by Gasteiger charge is 2.11. The molecule has 3 aromatic carbocycles. The number of carbonyl (C=O) groups is 1. The average molecular weight is 388 g/mol. The number of hydrogen-bond acceptors (Lipinski definition) is 3. The van der Waals surface area contributed by atoms with Gasteiger partial charge in [-0.1, -0.05) is 54.6 Å². The second-order valence-corrected chi connectivity index (χ2v) is 7.46. The van der Waals surface area contributed by atoms with Crippen molar-refractivity contribution in [2.45, 2.75) is 12.3 Å². The molecule has 5 heteroatoms. The Morgan fingerprint density at radius 2 is 1.79 bits per heavy atom. The highest BCUT2D eigenvalue weighted by atomic mass is 32.2. The number of nitrogens with zero attached hydrogens (tertiary/aromatic N) is 2. The first-order valence-corrected chi connectivity index (χ1v) is 10.5. The molecule has 0 saturated heterocycles. The molecule has 1 amide bonds. The lowest BCUT2D eigenvalue weighted by molar-refractivity contribution is 0.102. The number of hydrogen-bond donors (Lipinski definition) is 1. The third-order valence-corrected chi connectivity index (χ3v) is 5.31. The molecule has 0 atom stereocenters. The van der Waals surface area contributed by atoms with Crippen molar-refractivity contribution in [1.82, 2.24) is 9.78 Å². The molecule has 140 valence electrons. The molecular formula is C23H21N3OS. The number of fused-ring (bicyclic) bond motifs is 1. The highest BCUT2D eigenvalue weighted by Crippen LogP contribution is 2.21. The van der Waals surface area contributed by atoms with Crippen LogP contribution in [-0.4, -0.2) is 21.9 Å². The van der Waals surface area contributed by atoms with Gasteiger partial charge in [0.1, 0.15) is 5.82 Å². The Balaban J connectivity index is 1.53. The van der Waals surface area contributed by atoms with Crippen LogP contribution < -0.4 is 5.32 Å². The number of carbonyl (C=O) groups excluding carboxylic acids is 1. The molecule has 0 unspecified atom stereocenters. The van der Waals surface area contributed by atoms with Crippen LogP contribution >= 0.6 is 11.8 Å². The van der Waals surface area contributed by atoms with Crippen molar-refractivity contribution in [2.24, 2.45) is 0 Å². The van der Waals surface area contributed by atoms with E-state index in [1.54, 1.807) is 18.0 Å². The minimum Gasteiger partial charge on any atom is -0.307 e. The monoisotopic (exact) mass is 387 g/mol. The zero-order valence-electron chi connectivity index (χ0n) is 15.6. The number of rotatable bonds is 6. The highest BCUT2D eigenvalue weighted by molar-refractivity contribution is 7.97. The zero-order valence-corrected chi connectivity index (χ0v) is 16.4. The molecule has 0 bridgehead atoms. The van der Waals surface area contributed by atoms with E-state index in [2.05, 4.69) is 47.0 Å².